The monoisotopic (exact) mass is 404 g/mol. The first-order chi connectivity index (χ1) is 14.4. The first-order valence-electron chi connectivity index (χ1n) is 9.20. The SMILES string of the molecule is O=C(O)c1ccc(NC(=O)[C@H](Cc2ccc(O)cc2)NC(=O)c2ccccc2)cc1. The second kappa shape index (κ2) is 9.38. The molecule has 3 rings (SSSR count). The van der Waals surface area contributed by atoms with Crippen molar-refractivity contribution in [2.75, 3.05) is 5.32 Å². The maximum Gasteiger partial charge on any atom is 0.335 e. The lowest BCUT2D eigenvalue weighted by atomic mass is 10.0. The molecule has 7 nitrogen and oxygen atoms in total. The van der Waals surface area contributed by atoms with Gasteiger partial charge in [-0.05, 0) is 54.1 Å². The molecule has 0 saturated heterocycles. The Morgan fingerprint density at radius 3 is 2.03 bits per heavy atom. The fourth-order valence-corrected chi connectivity index (χ4v) is 2.83. The predicted molar refractivity (Wildman–Crippen MR) is 112 cm³/mol. The summed E-state index contributed by atoms with van der Waals surface area (Å²) in [5.74, 6) is -1.80. The number of phenols is 1. The van der Waals surface area contributed by atoms with Gasteiger partial charge in [-0.15, -0.1) is 0 Å². The molecule has 0 aliphatic heterocycles. The number of carbonyl (C=O) groups is 3. The van der Waals surface area contributed by atoms with Crippen molar-refractivity contribution in [3.63, 3.8) is 0 Å². The smallest absolute Gasteiger partial charge is 0.335 e. The van der Waals surface area contributed by atoms with Gasteiger partial charge in [0.2, 0.25) is 5.91 Å². The van der Waals surface area contributed by atoms with Crippen molar-refractivity contribution < 1.29 is 24.6 Å². The lowest BCUT2D eigenvalue weighted by molar-refractivity contribution is -0.118. The second-order valence-electron chi connectivity index (χ2n) is 6.63. The minimum absolute atomic E-state index is 0.103. The number of hydrogen-bond donors (Lipinski definition) is 4. The van der Waals surface area contributed by atoms with Crippen molar-refractivity contribution in [3.05, 3.63) is 95.6 Å². The third kappa shape index (κ3) is 5.45. The van der Waals surface area contributed by atoms with Crippen LogP contribution >= 0.6 is 0 Å². The molecule has 2 amide bonds. The van der Waals surface area contributed by atoms with Crippen LogP contribution in [0.4, 0.5) is 5.69 Å². The van der Waals surface area contributed by atoms with Crippen LogP contribution < -0.4 is 10.6 Å². The van der Waals surface area contributed by atoms with E-state index in [0.717, 1.165) is 5.56 Å². The van der Waals surface area contributed by atoms with Crippen molar-refractivity contribution in [3.8, 4) is 5.75 Å². The molecule has 0 aromatic heterocycles. The predicted octanol–water partition coefficient (Wildman–Crippen LogP) is 3.07. The van der Waals surface area contributed by atoms with Gasteiger partial charge in [0.1, 0.15) is 11.8 Å². The molecule has 0 spiro atoms. The summed E-state index contributed by atoms with van der Waals surface area (Å²) in [6.07, 6.45) is 0.206. The maximum atomic E-state index is 12.9. The molecule has 7 heteroatoms. The second-order valence-corrected chi connectivity index (χ2v) is 6.63. The molecule has 0 saturated carbocycles. The summed E-state index contributed by atoms with van der Waals surface area (Å²) < 4.78 is 0. The van der Waals surface area contributed by atoms with Crippen LogP contribution in [0.3, 0.4) is 0 Å². The van der Waals surface area contributed by atoms with Gasteiger partial charge in [-0.25, -0.2) is 4.79 Å². The Kier molecular flexibility index (Phi) is 6.44. The van der Waals surface area contributed by atoms with E-state index in [0.29, 0.717) is 11.3 Å². The summed E-state index contributed by atoms with van der Waals surface area (Å²) in [6.45, 7) is 0. The zero-order valence-corrected chi connectivity index (χ0v) is 15.9. The van der Waals surface area contributed by atoms with Crippen molar-refractivity contribution in [2.24, 2.45) is 0 Å². The van der Waals surface area contributed by atoms with Crippen LogP contribution in [0.2, 0.25) is 0 Å². The number of carbonyl (C=O) groups excluding carboxylic acids is 2. The van der Waals surface area contributed by atoms with Gasteiger partial charge in [0.05, 0.1) is 5.56 Å². The summed E-state index contributed by atoms with van der Waals surface area (Å²) in [4.78, 5) is 36.4. The molecule has 30 heavy (non-hydrogen) atoms. The highest BCUT2D eigenvalue weighted by atomic mass is 16.4. The van der Waals surface area contributed by atoms with E-state index in [1.807, 2.05) is 0 Å². The Hall–Kier alpha value is -4.13. The Bertz CT molecular complexity index is 1030. The number of nitrogens with one attached hydrogen (secondary N) is 2. The van der Waals surface area contributed by atoms with Crippen LogP contribution in [-0.4, -0.2) is 34.0 Å². The molecule has 152 valence electrons. The molecule has 3 aromatic carbocycles. The van der Waals surface area contributed by atoms with Crippen LogP contribution in [0, 0.1) is 0 Å². The van der Waals surface area contributed by atoms with Gasteiger partial charge < -0.3 is 20.8 Å². The molecule has 0 bridgehead atoms. The number of carboxylic acid groups (broad SMARTS) is 1. The summed E-state index contributed by atoms with van der Waals surface area (Å²) in [7, 11) is 0. The maximum absolute atomic E-state index is 12.9. The van der Waals surface area contributed by atoms with E-state index < -0.39 is 23.8 Å². The quantitative estimate of drug-likeness (QED) is 0.483. The zero-order chi connectivity index (χ0) is 21.5. The fraction of sp³-hybridized carbons (Fsp3) is 0.0870. The molecule has 0 fully saturated rings. The van der Waals surface area contributed by atoms with Crippen LogP contribution in [-0.2, 0) is 11.2 Å². The van der Waals surface area contributed by atoms with Gasteiger partial charge in [-0.3, -0.25) is 9.59 Å². The molecular weight excluding hydrogens is 384 g/mol. The van der Waals surface area contributed by atoms with Crippen molar-refractivity contribution in [2.45, 2.75) is 12.5 Å². The highest BCUT2D eigenvalue weighted by Crippen LogP contribution is 2.14. The normalized spacial score (nSPS) is 11.3. The standard InChI is InChI=1S/C23H20N2O5/c26-19-12-6-15(7-13-19)14-20(25-21(27)16-4-2-1-3-5-16)22(28)24-18-10-8-17(9-11-18)23(29)30/h1-13,20,26H,14H2,(H,24,28)(H,25,27)(H,29,30)/t20-/m0/s1. The number of benzene rings is 3. The zero-order valence-electron chi connectivity index (χ0n) is 15.9. The molecule has 0 radical (unpaired) electrons. The van der Waals surface area contributed by atoms with E-state index in [-0.39, 0.29) is 17.7 Å². The number of carboxylic acids is 1. The molecule has 1 atom stereocenters. The Labute approximate surface area is 173 Å². The third-order valence-electron chi connectivity index (χ3n) is 4.43. The van der Waals surface area contributed by atoms with Gasteiger partial charge in [0, 0.05) is 17.7 Å². The molecule has 3 aromatic rings. The van der Waals surface area contributed by atoms with E-state index in [1.165, 1.54) is 36.4 Å². The molecule has 0 unspecified atom stereocenters. The van der Waals surface area contributed by atoms with Crippen LogP contribution in [0.15, 0.2) is 78.9 Å². The lowest BCUT2D eigenvalue weighted by Gasteiger charge is -2.19. The minimum Gasteiger partial charge on any atom is -0.508 e. The summed E-state index contributed by atoms with van der Waals surface area (Å²) in [5.41, 5.74) is 1.69. The van der Waals surface area contributed by atoms with Crippen molar-refractivity contribution in [1.29, 1.82) is 0 Å². The molecule has 0 aliphatic carbocycles. The first kappa shape index (κ1) is 20.6. The highest BCUT2D eigenvalue weighted by molar-refractivity contribution is 6.01. The first-order valence-corrected chi connectivity index (χ1v) is 9.20. The number of rotatable bonds is 7. The van der Waals surface area contributed by atoms with E-state index in [4.69, 9.17) is 5.11 Å². The largest absolute Gasteiger partial charge is 0.508 e. The third-order valence-corrected chi connectivity index (χ3v) is 4.43. The number of phenolic OH excluding ortho intramolecular Hbond substituents is 1. The van der Waals surface area contributed by atoms with Crippen molar-refractivity contribution >= 4 is 23.5 Å². The van der Waals surface area contributed by atoms with Gasteiger partial charge in [-0.2, -0.15) is 0 Å². The lowest BCUT2D eigenvalue weighted by Crippen LogP contribution is -2.45. The number of amides is 2. The highest BCUT2D eigenvalue weighted by Gasteiger charge is 2.22. The summed E-state index contributed by atoms with van der Waals surface area (Å²) >= 11 is 0. The Balaban J connectivity index is 1.78. The summed E-state index contributed by atoms with van der Waals surface area (Å²) in [6, 6.07) is 19.8. The summed E-state index contributed by atoms with van der Waals surface area (Å²) in [5, 5.41) is 23.9. The molecule has 0 heterocycles. The average Bonchev–Trinajstić information content (AvgIpc) is 2.75. The van der Waals surface area contributed by atoms with E-state index in [1.54, 1.807) is 42.5 Å². The van der Waals surface area contributed by atoms with Crippen LogP contribution in [0.5, 0.6) is 5.75 Å². The number of hydrogen-bond acceptors (Lipinski definition) is 4. The van der Waals surface area contributed by atoms with E-state index >= 15 is 0 Å². The topological polar surface area (TPSA) is 116 Å². The number of aromatic carboxylic acids is 1. The van der Waals surface area contributed by atoms with Gasteiger partial charge in [0.15, 0.2) is 0 Å². The van der Waals surface area contributed by atoms with Gasteiger partial charge in [-0.1, -0.05) is 30.3 Å². The fourth-order valence-electron chi connectivity index (χ4n) is 2.83. The van der Waals surface area contributed by atoms with Crippen molar-refractivity contribution in [1.82, 2.24) is 5.32 Å². The van der Waals surface area contributed by atoms with Crippen LogP contribution in [0.1, 0.15) is 26.3 Å². The molecular formula is C23H20N2O5. The molecule has 0 aliphatic rings. The van der Waals surface area contributed by atoms with Crippen LogP contribution in [0.25, 0.3) is 0 Å². The number of aromatic hydroxyl groups is 1. The Morgan fingerprint density at radius 1 is 0.800 bits per heavy atom. The average molecular weight is 404 g/mol. The van der Waals surface area contributed by atoms with E-state index in [2.05, 4.69) is 10.6 Å². The molecule has 4 N–H and O–H groups in total. The number of anilines is 1. The minimum atomic E-state index is -1.06. The van der Waals surface area contributed by atoms with Gasteiger partial charge >= 0.3 is 5.97 Å². The van der Waals surface area contributed by atoms with Gasteiger partial charge in [0.25, 0.3) is 5.91 Å². The Morgan fingerprint density at radius 2 is 1.43 bits per heavy atom. The van der Waals surface area contributed by atoms with E-state index in [9.17, 15) is 19.5 Å².